The number of benzene rings is 2. The van der Waals surface area contributed by atoms with Gasteiger partial charge in [0.25, 0.3) is 0 Å². The fourth-order valence-electron chi connectivity index (χ4n) is 4.84. The monoisotopic (exact) mass is 380 g/mol. The van der Waals surface area contributed by atoms with Gasteiger partial charge in [0.2, 0.25) is 0 Å². The number of ether oxygens (including phenoxy) is 1. The molecule has 1 aliphatic rings. The first kappa shape index (κ1) is 19.2. The molecule has 3 aromatic rings. The highest BCUT2D eigenvalue weighted by molar-refractivity contribution is 5.85. The molecule has 4 heteroatoms. The van der Waals surface area contributed by atoms with Gasteiger partial charge in [-0.3, -0.25) is 4.90 Å². The smallest absolute Gasteiger partial charge is 0.123 e. The standard InChI is InChI=1S/C24H29FN2O/c1-4-24(27(2)3,17-8-6-5-7-9-17)14-12-22-23-19(13-15-28-22)20-16-18(25)10-11-21(20)26-23/h5-11,16,22,26H,4,12-15H2,1-3H3. The summed E-state index contributed by atoms with van der Waals surface area (Å²) in [6.07, 6.45) is 3.80. The van der Waals surface area contributed by atoms with Crippen LogP contribution < -0.4 is 0 Å². The first-order chi connectivity index (χ1) is 13.5. The van der Waals surface area contributed by atoms with Crippen molar-refractivity contribution in [2.24, 2.45) is 0 Å². The molecule has 2 unspecified atom stereocenters. The minimum absolute atomic E-state index is 0.0220. The lowest BCUT2D eigenvalue weighted by molar-refractivity contribution is 0.0167. The molecule has 0 fully saturated rings. The van der Waals surface area contributed by atoms with E-state index in [9.17, 15) is 4.39 Å². The molecule has 1 N–H and O–H groups in total. The Balaban J connectivity index is 1.64. The van der Waals surface area contributed by atoms with Gasteiger partial charge >= 0.3 is 0 Å². The van der Waals surface area contributed by atoms with Crippen LogP contribution in [0.25, 0.3) is 10.9 Å². The number of H-pyrrole nitrogens is 1. The number of hydrogen-bond acceptors (Lipinski definition) is 2. The molecule has 2 aromatic carbocycles. The molecule has 2 heterocycles. The number of nitrogens with one attached hydrogen (secondary N) is 1. The lowest BCUT2D eigenvalue weighted by Crippen LogP contribution is -2.41. The second-order valence-electron chi connectivity index (χ2n) is 8.00. The molecular formula is C24H29FN2O. The van der Waals surface area contributed by atoms with Crippen LogP contribution in [-0.4, -0.2) is 30.6 Å². The van der Waals surface area contributed by atoms with Gasteiger partial charge in [-0.25, -0.2) is 4.39 Å². The van der Waals surface area contributed by atoms with E-state index in [2.05, 4.69) is 61.2 Å². The van der Waals surface area contributed by atoms with Crippen molar-refractivity contribution < 1.29 is 9.13 Å². The predicted octanol–water partition coefficient (Wildman–Crippen LogP) is 5.57. The third-order valence-electron chi connectivity index (χ3n) is 6.47. The van der Waals surface area contributed by atoms with Crippen molar-refractivity contribution in [3.8, 4) is 0 Å². The van der Waals surface area contributed by atoms with E-state index in [1.54, 1.807) is 6.07 Å². The molecular weight excluding hydrogens is 351 g/mol. The number of hydrogen-bond donors (Lipinski definition) is 1. The largest absolute Gasteiger partial charge is 0.372 e. The zero-order valence-corrected chi connectivity index (χ0v) is 17.0. The number of aromatic nitrogens is 1. The van der Waals surface area contributed by atoms with Crippen LogP contribution in [0.2, 0.25) is 0 Å². The minimum atomic E-state index is -0.181. The van der Waals surface area contributed by atoms with Gasteiger partial charge in [-0.15, -0.1) is 0 Å². The zero-order chi connectivity index (χ0) is 19.7. The van der Waals surface area contributed by atoms with Gasteiger partial charge in [0.1, 0.15) is 5.82 Å². The number of rotatable bonds is 6. The van der Waals surface area contributed by atoms with Crippen LogP contribution in [0.4, 0.5) is 4.39 Å². The Morgan fingerprint density at radius 2 is 1.96 bits per heavy atom. The summed E-state index contributed by atoms with van der Waals surface area (Å²) < 4.78 is 19.9. The van der Waals surface area contributed by atoms with E-state index in [-0.39, 0.29) is 17.5 Å². The minimum Gasteiger partial charge on any atom is -0.372 e. The second-order valence-corrected chi connectivity index (χ2v) is 8.00. The Morgan fingerprint density at radius 1 is 1.18 bits per heavy atom. The van der Waals surface area contributed by atoms with Crippen LogP contribution >= 0.6 is 0 Å². The number of nitrogens with zero attached hydrogens (tertiary/aromatic N) is 1. The molecule has 1 aromatic heterocycles. The van der Waals surface area contributed by atoms with Crippen molar-refractivity contribution >= 4 is 10.9 Å². The van der Waals surface area contributed by atoms with Gasteiger partial charge in [-0.2, -0.15) is 0 Å². The van der Waals surface area contributed by atoms with Crippen molar-refractivity contribution in [3.63, 3.8) is 0 Å². The molecule has 148 valence electrons. The van der Waals surface area contributed by atoms with Gasteiger partial charge in [-0.1, -0.05) is 37.3 Å². The highest BCUT2D eigenvalue weighted by Crippen LogP contribution is 2.41. The molecule has 4 rings (SSSR count). The average molecular weight is 381 g/mol. The van der Waals surface area contributed by atoms with Crippen LogP contribution in [0, 0.1) is 5.82 Å². The van der Waals surface area contributed by atoms with Crippen molar-refractivity contribution in [2.75, 3.05) is 20.7 Å². The lowest BCUT2D eigenvalue weighted by atomic mass is 9.80. The van der Waals surface area contributed by atoms with Gasteiger partial charge in [0.05, 0.1) is 12.7 Å². The highest BCUT2D eigenvalue weighted by Gasteiger charge is 2.35. The van der Waals surface area contributed by atoms with E-state index >= 15 is 0 Å². The second kappa shape index (κ2) is 7.69. The van der Waals surface area contributed by atoms with Gasteiger partial charge in [0.15, 0.2) is 0 Å². The van der Waals surface area contributed by atoms with Crippen LogP contribution in [-0.2, 0) is 16.7 Å². The molecule has 0 amide bonds. The van der Waals surface area contributed by atoms with E-state index in [1.165, 1.54) is 17.2 Å². The average Bonchev–Trinajstić information content (AvgIpc) is 3.08. The summed E-state index contributed by atoms with van der Waals surface area (Å²) in [5.41, 5.74) is 4.66. The third kappa shape index (κ3) is 3.25. The van der Waals surface area contributed by atoms with Gasteiger partial charge < -0.3 is 9.72 Å². The molecule has 0 saturated carbocycles. The Bertz CT molecular complexity index is 950. The SMILES string of the molecule is CCC(CCC1OCCc2c1[nH]c1ccc(F)cc21)(c1ccccc1)N(C)C. The first-order valence-electron chi connectivity index (χ1n) is 10.2. The topological polar surface area (TPSA) is 28.3 Å². The fraction of sp³-hybridized carbons (Fsp3) is 0.417. The summed E-state index contributed by atoms with van der Waals surface area (Å²) in [6.45, 7) is 2.94. The third-order valence-corrected chi connectivity index (χ3v) is 6.47. The van der Waals surface area contributed by atoms with Crippen molar-refractivity contribution in [3.05, 3.63) is 71.2 Å². The molecule has 0 aliphatic carbocycles. The molecule has 0 radical (unpaired) electrons. The summed E-state index contributed by atoms with van der Waals surface area (Å²) in [7, 11) is 4.32. The summed E-state index contributed by atoms with van der Waals surface area (Å²) in [5, 5.41) is 1.00. The van der Waals surface area contributed by atoms with E-state index in [0.29, 0.717) is 6.61 Å². The fourth-order valence-corrected chi connectivity index (χ4v) is 4.84. The van der Waals surface area contributed by atoms with Crippen molar-refractivity contribution in [2.45, 2.75) is 44.2 Å². The van der Waals surface area contributed by atoms with Gasteiger partial charge in [-0.05, 0) is 69.1 Å². The normalized spacial score (nSPS) is 19.0. The molecule has 0 bridgehead atoms. The van der Waals surface area contributed by atoms with Crippen LogP contribution in [0.1, 0.15) is 49.1 Å². The van der Waals surface area contributed by atoms with Gasteiger partial charge in [0, 0.05) is 22.1 Å². The Labute approximate surface area is 166 Å². The zero-order valence-electron chi connectivity index (χ0n) is 17.0. The molecule has 0 spiro atoms. The van der Waals surface area contributed by atoms with Crippen molar-refractivity contribution in [1.29, 1.82) is 0 Å². The summed E-state index contributed by atoms with van der Waals surface area (Å²) in [4.78, 5) is 5.85. The summed E-state index contributed by atoms with van der Waals surface area (Å²) in [5.74, 6) is -0.181. The maximum Gasteiger partial charge on any atom is 0.123 e. The Morgan fingerprint density at radius 3 is 2.68 bits per heavy atom. The van der Waals surface area contributed by atoms with Crippen LogP contribution in [0.15, 0.2) is 48.5 Å². The van der Waals surface area contributed by atoms with Crippen molar-refractivity contribution in [1.82, 2.24) is 9.88 Å². The quantitative estimate of drug-likeness (QED) is 0.606. The van der Waals surface area contributed by atoms with E-state index in [1.807, 2.05) is 6.07 Å². The van der Waals surface area contributed by atoms with Crippen LogP contribution in [0.5, 0.6) is 0 Å². The summed E-state index contributed by atoms with van der Waals surface area (Å²) >= 11 is 0. The molecule has 1 aliphatic heterocycles. The molecule has 0 saturated heterocycles. The molecule has 2 atom stereocenters. The first-order valence-corrected chi connectivity index (χ1v) is 10.2. The highest BCUT2D eigenvalue weighted by atomic mass is 19.1. The number of halogens is 1. The molecule has 3 nitrogen and oxygen atoms in total. The van der Waals surface area contributed by atoms with Crippen LogP contribution in [0.3, 0.4) is 0 Å². The lowest BCUT2D eigenvalue weighted by Gasteiger charge is -2.41. The maximum absolute atomic E-state index is 13.8. The van der Waals surface area contributed by atoms with E-state index < -0.39 is 0 Å². The summed E-state index contributed by atoms with van der Waals surface area (Å²) in [6, 6.07) is 15.7. The number of fused-ring (bicyclic) bond motifs is 3. The van der Waals surface area contributed by atoms with E-state index in [0.717, 1.165) is 42.3 Å². The van der Waals surface area contributed by atoms with E-state index in [4.69, 9.17) is 4.74 Å². The predicted molar refractivity (Wildman–Crippen MR) is 112 cm³/mol. The number of aromatic amines is 1. The molecule has 28 heavy (non-hydrogen) atoms. The maximum atomic E-state index is 13.8. The Kier molecular flexibility index (Phi) is 5.26. The Hall–Kier alpha value is -2.17.